The van der Waals surface area contributed by atoms with Crippen molar-refractivity contribution >= 4 is 0 Å². The molecule has 0 radical (unpaired) electrons. The van der Waals surface area contributed by atoms with Crippen molar-refractivity contribution in [2.24, 2.45) is 5.90 Å². The van der Waals surface area contributed by atoms with E-state index in [1.807, 2.05) is 26.0 Å². The summed E-state index contributed by atoms with van der Waals surface area (Å²) in [5, 5.41) is 0. The molecule has 1 heterocycles. The number of rotatable bonds is 2. The van der Waals surface area contributed by atoms with Crippen LogP contribution in [0.5, 0.6) is 5.75 Å². The van der Waals surface area contributed by atoms with E-state index in [0.29, 0.717) is 0 Å². The Bertz CT molecular complexity index is 347. The maximum Gasteiger partial charge on any atom is 0.122 e. The van der Waals surface area contributed by atoms with Gasteiger partial charge in [0.05, 0.1) is 6.61 Å². The van der Waals surface area contributed by atoms with Crippen molar-refractivity contribution in [3.05, 3.63) is 29.3 Å². The van der Waals surface area contributed by atoms with E-state index in [-0.39, 0.29) is 0 Å². The van der Waals surface area contributed by atoms with Gasteiger partial charge < -0.3 is 4.74 Å². The molecule has 3 nitrogen and oxygen atoms in total. The van der Waals surface area contributed by atoms with E-state index >= 15 is 0 Å². The fourth-order valence-corrected chi connectivity index (χ4v) is 1.63. The maximum atomic E-state index is 5.43. The molecule has 1 aliphatic rings. The summed E-state index contributed by atoms with van der Waals surface area (Å²) in [4.78, 5) is 4.94. The van der Waals surface area contributed by atoms with Crippen LogP contribution in [0.2, 0.25) is 0 Å². The van der Waals surface area contributed by atoms with Crippen LogP contribution in [0.1, 0.15) is 25.0 Å². The zero-order chi connectivity index (χ0) is 10.2. The molecule has 0 spiro atoms. The third kappa shape index (κ3) is 1.49. The molecule has 0 saturated carbocycles. The van der Waals surface area contributed by atoms with Gasteiger partial charge in [0.2, 0.25) is 0 Å². The van der Waals surface area contributed by atoms with E-state index in [2.05, 4.69) is 6.07 Å². The summed E-state index contributed by atoms with van der Waals surface area (Å²) in [6, 6.07) is 6.09. The molecule has 0 unspecified atom stereocenters. The van der Waals surface area contributed by atoms with Crippen molar-refractivity contribution in [2.75, 3.05) is 6.61 Å². The predicted octanol–water partition coefficient (Wildman–Crippen LogP) is 1.75. The number of hydrogen-bond acceptors (Lipinski definition) is 3. The molecule has 1 aliphatic heterocycles. The quantitative estimate of drug-likeness (QED) is 0.728. The van der Waals surface area contributed by atoms with Crippen molar-refractivity contribution < 1.29 is 9.57 Å². The maximum absolute atomic E-state index is 5.43. The van der Waals surface area contributed by atoms with E-state index in [9.17, 15) is 0 Å². The van der Waals surface area contributed by atoms with Crippen LogP contribution in [-0.2, 0) is 16.9 Å². The van der Waals surface area contributed by atoms with Crippen LogP contribution in [0.4, 0.5) is 0 Å². The monoisotopic (exact) mass is 193 g/mol. The molecular weight excluding hydrogens is 178 g/mol. The molecule has 2 N–H and O–H groups in total. The summed E-state index contributed by atoms with van der Waals surface area (Å²) in [6.07, 6.45) is 0.976. The van der Waals surface area contributed by atoms with Gasteiger partial charge in [-0.2, -0.15) is 0 Å². The summed E-state index contributed by atoms with van der Waals surface area (Å²) >= 11 is 0. The summed E-state index contributed by atoms with van der Waals surface area (Å²) in [6.45, 7) is 4.68. The van der Waals surface area contributed by atoms with E-state index in [0.717, 1.165) is 24.3 Å². The lowest BCUT2D eigenvalue weighted by molar-refractivity contribution is -0.0236. The Kier molecular flexibility index (Phi) is 2.21. The van der Waals surface area contributed by atoms with Crippen molar-refractivity contribution in [2.45, 2.75) is 25.9 Å². The number of benzene rings is 1. The van der Waals surface area contributed by atoms with Crippen LogP contribution in [0.15, 0.2) is 18.2 Å². The third-order valence-corrected chi connectivity index (χ3v) is 2.68. The molecule has 0 fully saturated rings. The first-order chi connectivity index (χ1) is 6.63. The topological polar surface area (TPSA) is 44.5 Å². The second kappa shape index (κ2) is 3.26. The lowest BCUT2D eigenvalue weighted by Gasteiger charge is -2.22. The lowest BCUT2D eigenvalue weighted by atomic mass is 9.96. The first-order valence-corrected chi connectivity index (χ1v) is 4.77. The van der Waals surface area contributed by atoms with Gasteiger partial charge in [-0.05, 0) is 37.1 Å². The van der Waals surface area contributed by atoms with Gasteiger partial charge in [0.25, 0.3) is 0 Å². The number of hydrogen-bond donors (Lipinski definition) is 1. The highest BCUT2D eigenvalue weighted by atomic mass is 16.6. The molecule has 0 saturated heterocycles. The molecule has 0 bridgehead atoms. The average Bonchev–Trinajstić information content (AvgIpc) is 2.64. The van der Waals surface area contributed by atoms with Gasteiger partial charge in [0, 0.05) is 6.42 Å². The number of fused-ring (bicyclic) bond motifs is 1. The molecular formula is C11H15NO2. The van der Waals surface area contributed by atoms with Crippen LogP contribution < -0.4 is 10.6 Å². The van der Waals surface area contributed by atoms with Gasteiger partial charge >= 0.3 is 0 Å². The molecule has 14 heavy (non-hydrogen) atoms. The minimum atomic E-state index is -0.433. The van der Waals surface area contributed by atoms with Crippen molar-refractivity contribution in [1.29, 1.82) is 0 Å². The predicted molar refractivity (Wildman–Crippen MR) is 53.9 cm³/mol. The largest absolute Gasteiger partial charge is 0.493 e. The number of ether oxygens (including phenoxy) is 1. The Morgan fingerprint density at radius 3 is 2.93 bits per heavy atom. The van der Waals surface area contributed by atoms with Crippen LogP contribution in [-0.4, -0.2) is 6.61 Å². The Hall–Kier alpha value is -1.06. The van der Waals surface area contributed by atoms with Gasteiger partial charge in [-0.1, -0.05) is 6.07 Å². The molecule has 0 amide bonds. The first-order valence-electron chi connectivity index (χ1n) is 4.77. The number of nitrogens with two attached hydrogens (primary N) is 1. The summed E-state index contributed by atoms with van der Waals surface area (Å²) in [7, 11) is 0. The van der Waals surface area contributed by atoms with Crippen molar-refractivity contribution in [1.82, 2.24) is 0 Å². The van der Waals surface area contributed by atoms with Crippen molar-refractivity contribution in [3.63, 3.8) is 0 Å². The normalized spacial score (nSPS) is 15.1. The summed E-state index contributed by atoms with van der Waals surface area (Å²) < 4.78 is 5.43. The molecule has 0 aliphatic carbocycles. The third-order valence-electron chi connectivity index (χ3n) is 2.68. The Morgan fingerprint density at radius 2 is 2.21 bits per heavy atom. The molecule has 1 aromatic rings. The van der Waals surface area contributed by atoms with Crippen LogP contribution >= 0.6 is 0 Å². The zero-order valence-corrected chi connectivity index (χ0v) is 8.54. The van der Waals surface area contributed by atoms with Crippen molar-refractivity contribution in [3.8, 4) is 5.75 Å². The summed E-state index contributed by atoms with van der Waals surface area (Å²) in [5.41, 5.74) is 1.90. The van der Waals surface area contributed by atoms with Gasteiger partial charge in [-0.3, -0.25) is 4.84 Å². The lowest BCUT2D eigenvalue weighted by Crippen LogP contribution is -2.25. The Balaban J connectivity index is 2.38. The molecule has 76 valence electrons. The highest BCUT2D eigenvalue weighted by Crippen LogP contribution is 2.31. The van der Waals surface area contributed by atoms with Gasteiger partial charge in [-0.25, -0.2) is 5.90 Å². The minimum Gasteiger partial charge on any atom is -0.493 e. The fourth-order valence-electron chi connectivity index (χ4n) is 1.63. The Morgan fingerprint density at radius 1 is 1.43 bits per heavy atom. The van der Waals surface area contributed by atoms with Crippen LogP contribution in [0.3, 0.4) is 0 Å². The Labute approximate surface area is 83.8 Å². The average molecular weight is 193 g/mol. The molecule has 2 rings (SSSR count). The SMILES string of the molecule is CC(C)(ON)c1ccc2c(c1)CCO2. The van der Waals surface area contributed by atoms with Gasteiger partial charge in [0.15, 0.2) is 0 Å². The highest BCUT2D eigenvalue weighted by molar-refractivity contribution is 5.41. The fraction of sp³-hybridized carbons (Fsp3) is 0.455. The van der Waals surface area contributed by atoms with Crippen LogP contribution in [0.25, 0.3) is 0 Å². The van der Waals surface area contributed by atoms with Gasteiger partial charge in [0.1, 0.15) is 11.4 Å². The molecule has 0 atom stereocenters. The molecule has 1 aromatic carbocycles. The van der Waals surface area contributed by atoms with E-state index in [1.165, 1.54) is 5.56 Å². The smallest absolute Gasteiger partial charge is 0.122 e. The first kappa shape index (κ1) is 9.49. The second-order valence-corrected chi connectivity index (χ2v) is 4.05. The van der Waals surface area contributed by atoms with E-state index in [1.54, 1.807) is 0 Å². The highest BCUT2D eigenvalue weighted by Gasteiger charge is 2.23. The van der Waals surface area contributed by atoms with E-state index < -0.39 is 5.60 Å². The second-order valence-electron chi connectivity index (χ2n) is 4.05. The van der Waals surface area contributed by atoms with E-state index in [4.69, 9.17) is 15.5 Å². The standard InChI is InChI=1S/C11H15NO2/c1-11(2,14-12)9-3-4-10-8(7-9)5-6-13-10/h3-4,7H,5-6,12H2,1-2H3. The van der Waals surface area contributed by atoms with Crippen LogP contribution in [0, 0.1) is 0 Å². The zero-order valence-electron chi connectivity index (χ0n) is 8.54. The minimum absolute atomic E-state index is 0.433. The van der Waals surface area contributed by atoms with Gasteiger partial charge in [-0.15, -0.1) is 0 Å². The molecule has 3 heteroatoms. The summed E-state index contributed by atoms with van der Waals surface area (Å²) in [5.74, 6) is 6.24. The molecule has 0 aromatic heterocycles.